The zero-order valence-electron chi connectivity index (χ0n) is 23.6. The maximum Gasteiger partial charge on any atom is 0.342 e. The van der Waals surface area contributed by atoms with Gasteiger partial charge < -0.3 is 5.11 Å². The average molecular weight is 621 g/mol. The smallest absolute Gasteiger partial charge is 0.342 e. The van der Waals surface area contributed by atoms with Crippen molar-refractivity contribution in [3.8, 4) is 22.8 Å². The van der Waals surface area contributed by atoms with Gasteiger partial charge in [0.05, 0.1) is 22.6 Å². The number of thioether (sulfide) groups is 1. The van der Waals surface area contributed by atoms with Gasteiger partial charge in [-0.1, -0.05) is 87.8 Å². The molecule has 0 radical (unpaired) electrons. The van der Waals surface area contributed by atoms with E-state index in [1.54, 1.807) is 6.21 Å². The molecule has 4 rings (SSSR count). The summed E-state index contributed by atoms with van der Waals surface area (Å²) in [6.45, 7) is 12.1. The topological polar surface area (TPSA) is 97.1 Å². The van der Waals surface area contributed by atoms with Crippen LogP contribution in [0.1, 0.15) is 58.2 Å². The lowest BCUT2D eigenvalue weighted by atomic mass is 9.78. The highest BCUT2D eigenvalue weighted by Gasteiger charge is 2.25. The summed E-state index contributed by atoms with van der Waals surface area (Å²) in [5.74, 6) is 0.729. The van der Waals surface area contributed by atoms with E-state index in [1.807, 2.05) is 113 Å². The third-order valence-corrected chi connectivity index (χ3v) is 7.73. The van der Waals surface area contributed by atoms with E-state index in [2.05, 4.69) is 36.7 Å². The van der Waals surface area contributed by atoms with E-state index in [0.29, 0.717) is 5.16 Å². The Balaban J connectivity index is 1.51. The Morgan fingerprint density at radius 3 is 2.20 bits per heavy atom. The predicted octanol–water partition coefficient (Wildman–Crippen LogP) is 6.03. The van der Waals surface area contributed by atoms with Crippen molar-refractivity contribution in [3.05, 3.63) is 87.9 Å². The van der Waals surface area contributed by atoms with E-state index in [-0.39, 0.29) is 28.2 Å². The Bertz CT molecular complexity index is 1480. The predicted molar refractivity (Wildman–Crippen MR) is 163 cm³/mol. The van der Waals surface area contributed by atoms with Crippen LogP contribution < -0.4 is 15.1 Å². The van der Waals surface area contributed by atoms with Gasteiger partial charge in [0.1, 0.15) is 5.69 Å². The first-order valence-corrected chi connectivity index (χ1v) is 14.7. The van der Waals surface area contributed by atoms with Crippen LogP contribution in [0.25, 0.3) is 17.1 Å². The molecule has 0 fully saturated rings. The number of carbonyl (C=O) groups is 1. The molecule has 0 unspecified atom stereocenters. The number of hydrogen-bond donors (Lipinski definition) is 2. The number of halogens is 1. The summed E-state index contributed by atoms with van der Waals surface area (Å²) in [5.41, 5.74) is 6.12. The zero-order valence-corrected chi connectivity index (χ0v) is 26.0. The lowest BCUT2D eigenvalue weighted by Crippen LogP contribution is -2.34. The van der Waals surface area contributed by atoms with Crippen LogP contribution in [0.15, 0.2) is 81.5 Å². The third-order valence-electron chi connectivity index (χ3n) is 6.27. The molecule has 4 aromatic rings. The molecule has 9 heteroatoms. The second-order valence-corrected chi connectivity index (χ2v) is 13.4. The van der Waals surface area contributed by atoms with Gasteiger partial charge in [-0.05, 0) is 75.7 Å². The van der Waals surface area contributed by atoms with Crippen LogP contribution in [-0.2, 0) is 15.6 Å². The number of carbonyl (C=O) groups excluding carboxylic acids is 1. The first kappa shape index (κ1) is 29.6. The summed E-state index contributed by atoms with van der Waals surface area (Å²) in [5, 5.41) is 25.6. The van der Waals surface area contributed by atoms with Crippen molar-refractivity contribution in [3.63, 3.8) is 0 Å². The Morgan fingerprint density at radius 1 is 1.02 bits per heavy atom. The third kappa shape index (κ3) is 7.01. The number of nitrogens with one attached hydrogen (secondary N) is 2. The molecule has 2 N–H and O–H groups in total. The lowest BCUT2D eigenvalue weighted by molar-refractivity contribution is -0.625. The van der Waals surface area contributed by atoms with Crippen molar-refractivity contribution < 1.29 is 14.5 Å². The second kappa shape index (κ2) is 12.0. The van der Waals surface area contributed by atoms with Crippen LogP contribution >= 0.6 is 27.7 Å². The lowest BCUT2D eigenvalue weighted by Gasteiger charge is -2.33. The SMILES string of the molecule is CC(C)(C)c1cc(C=NNC(=O)CSc2n[nH]c(-c3ccc(Br)cc3)[n+]2-c2ccccc2)cc(C(C)(C)C)c1[O-]. The standard InChI is InChI=1S/C31H34BrN5O2S/c1-30(2,3)24-16-20(17-25(27(24)39)31(4,5)6)18-33-34-26(38)19-40-29-36-35-28(21-12-14-22(32)15-13-21)37(29)23-10-8-7-9-11-23/h7-18H,19H2,1-6H3,(H2,33,34,38,39). The highest BCUT2D eigenvalue weighted by molar-refractivity contribution is 9.10. The Hall–Kier alpha value is -3.43. The minimum Gasteiger partial charge on any atom is -0.872 e. The van der Waals surface area contributed by atoms with Crippen LogP contribution in [0.4, 0.5) is 0 Å². The van der Waals surface area contributed by atoms with Crippen molar-refractivity contribution in [2.45, 2.75) is 57.5 Å². The summed E-state index contributed by atoms with van der Waals surface area (Å²) in [4.78, 5) is 12.7. The molecular weight excluding hydrogens is 586 g/mol. The molecule has 0 spiro atoms. The van der Waals surface area contributed by atoms with Crippen LogP contribution in [0, 0.1) is 0 Å². The molecule has 0 aliphatic heterocycles. The van der Waals surface area contributed by atoms with Crippen molar-refractivity contribution in [1.82, 2.24) is 15.6 Å². The molecule has 7 nitrogen and oxygen atoms in total. The number of rotatable bonds is 7. The molecule has 208 valence electrons. The van der Waals surface area contributed by atoms with E-state index < -0.39 is 0 Å². The van der Waals surface area contributed by atoms with Gasteiger partial charge in [0.25, 0.3) is 11.7 Å². The van der Waals surface area contributed by atoms with Crippen molar-refractivity contribution in [1.29, 1.82) is 0 Å². The number of benzene rings is 3. The van der Waals surface area contributed by atoms with Crippen molar-refractivity contribution in [2.24, 2.45) is 5.10 Å². The van der Waals surface area contributed by atoms with E-state index in [9.17, 15) is 9.90 Å². The minimum absolute atomic E-state index is 0.0609. The molecule has 0 saturated heterocycles. The molecule has 0 aliphatic carbocycles. The quantitative estimate of drug-likeness (QED) is 0.114. The van der Waals surface area contributed by atoms with Crippen LogP contribution in [0.5, 0.6) is 5.75 Å². The fraction of sp³-hybridized carbons (Fsp3) is 0.290. The summed E-state index contributed by atoms with van der Waals surface area (Å²) in [7, 11) is 0. The van der Waals surface area contributed by atoms with Gasteiger partial charge >= 0.3 is 5.16 Å². The molecule has 40 heavy (non-hydrogen) atoms. The molecule has 3 aromatic carbocycles. The maximum absolute atomic E-state index is 13.1. The van der Waals surface area contributed by atoms with Gasteiger partial charge in [0, 0.05) is 4.47 Å². The number of aromatic amines is 1. The Morgan fingerprint density at radius 2 is 1.62 bits per heavy atom. The summed E-state index contributed by atoms with van der Waals surface area (Å²) >= 11 is 4.80. The van der Waals surface area contributed by atoms with Crippen molar-refractivity contribution in [2.75, 3.05) is 5.75 Å². The minimum atomic E-state index is -0.312. The van der Waals surface area contributed by atoms with Gasteiger partial charge in [-0.15, -0.1) is 10.8 Å². The molecular formula is C31H34BrN5O2S. The van der Waals surface area contributed by atoms with Crippen LogP contribution in [-0.4, -0.2) is 28.1 Å². The van der Waals surface area contributed by atoms with E-state index in [0.717, 1.165) is 38.2 Å². The van der Waals surface area contributed by atoms with Crippen LogP contribution in [0.2, 0.25) is 0 Å². The molecule has 1 amide bonds. The molecule has 1 aromatic heterocycles. The fourth-order valence-electron chi connectivity index (χ4n) is 4.19. The van der Waals surface area contributed by atoms with Crippen LogP contribution in [0.3, 0.4) is 0 Å². The number of hydrogen-bond acceptors (Lipinski definition) is 5. The molecule has 0 bridgehead atoms. The normalized spacial score (nSPS) is 12.2. The van der Waals surface area contributed by atoms with Gasteiger partial charge in [-0.3, -0.25) is 4.79 Å². The van der Waals surface area contributed by atoms with Gasteiger partial charge in [-0.25, -0.2) is 5.43 Å². The number of aromatic nitrogens is 3. The number of amides is 1. The Labute approximate surface area is 248 Å². The molecule has 0 atom stereocenters. The Kier molecular flexibility index (Phi) is 8.85. The van der Waals surface area contributed by atoms with E-state index in [4.69, 9.17) is 0 Å². The molecule has 1 heterocycles. The largest absolute Gasteiger partial charge is 0.872 e. The number of H-pyrrole nitrogens is 1. The van der Waals surface area contributed by atoms with Gasteiger partial charge in [0.15, 0.2) is 0 Å². The molecule has 0 saturated carbocycles. The average Bonchev–Trinajstić information content (AvgIpc) is 3.32. The summed E-state index contributed by atoms with van der Waals surface area (Å²) in [6, 6.07) is 21.6. The summed E-state index contributed by atoms with van der Waals surface area (Å²) < 4.78 is 2.99. The highest BCUT2D eigenvalue weighted by Crippen LogP contribution is 2.37. The second-order valence-electron chi connectivity index (χ2n) is 11.6. The maximum atomic E-state index is 13.1. The van der Waals surface area contributed by atoms with Gasteiger partial charge in [0.2, 0.25) is 0 Å². The number of hydrazone groups is 1. The van der Waals surface area contributed by atoms with Gasteiger partial charge in [-0.2, -0.15) is 9.67 Å². The molecule has 0 aliphatic rings. The number of nitrogens with zero attached hydrogens (tertiary/aromatic N) is 3. The number of para-hydroxylation sites is 1. The van der Waals surface area contributed by atoms with E-state index >= 15 is 0 Å². The highest BCUT2D eigenvalue weighted by atomic mass is 79.9. The van der Waals surface area contributed by atoms with Crippen molar-refractivity contribution >= 4 is 39.8 Å². The van der Waals surface area contributed by atoms with E-state index in [1.165, 1.54) is 11.8 Å². The fourth-order valence-corrected chi connectivity index (χ4v) is 5.22. The first-order chi connectivity index (χ1) is 18.8. The first-order valence-electron chi connectivity index (χ1n) is 13.0. The monoisotopic (exact) mass is 619 g/mol. The zero-order chi connectivity index (χ0) is 29.1. The summed E-state index contributed by atoms with van der Waals surface area (Å²) in [6.07, 6.45) is 1.59.